The van der Waals surface area contributed by atoms with Crippen molar-refractivity contribution in [3.63, 3.8) is 0 Å². The van der Waals surface area contributed by atoms with E-state index in [1.54, 1.807) is 12.4 Å². The zero-order chi connectivity index (χ0) is 13.0. The summed E-state index contributed by atoms with van der Waals surface area (Å²) >= 11 is 0. The van der Waals surface area contributed by atoms with E-state index < -0.39 is 12.0 Å². The SMILES string of the molecule is NC(CC(=O)O)c1ccc(-c2cncnc2)cc1. The molecule has 2 aromatic rings. The van der Waals surface area contributed by atoms with Crippen molar-refractivity contribution in [2.24, 2.45) is 5.73 Å². The number of benzene rings is 1. The Balaban J connectivity index is 2.18. The molecule has 1 atom stereocenters. The summed E-state index contributed by atoms with van der Waals surface area (Å²) in [6.07, 6.45) is 4.84. The van der Waals surface area contributed by atoms with Crippen LogP contribution in [0, 0.1) is 0 Å². The zero-order valence-electron chi connectivity index (χ0n) is 9.65. The van der Waals surface area contributed by atoms with Crippen LogP contribution in [0.4, 0.5) is 0 Å². The average molecular weight is 243 g/mol. The lowest BCUT2D eigenvalue weighted by Gasteiger charge is -2.10. The number of hydrogen-bond acceptors (Lipinski definition) is 4. The van der Waals surface area contributed by atoms with E-state index in [2.05, 4.69) is 9.97 Å². The summed E-state index contributed by atoms with van der Waals surface area (Å²) in [5.74, 6) is -0.900. The van der Waals surface area contributed by atoms with Crippen molar-refractivity contribution >= 4 is 5.97 Å². The van der Waals surface area contributed by atoms with Gasteiger partial charge in [0.05, 0.1) is 6.42 Å². The van der Waals surface area contributed by atoms with Crippen molar-refractivity contribution in [1.29, 1.82) is 0 Å². The standard InChI is InChI=1S/C13H13N3O2/c14-12(5-13(17)18)10-3-1-9(2-4-10)11-6-15-8-16-7-11/h1-4,6-8,12H,5,14H2,(H,17,18). The van der Waals surface area contributed by atoms with Crippen LogP contribution in [-0.2, 0) is 4.79 Å². The van der Waals surface area contributed by atoms with Crippen LogP contribution in [0.1, 0.15) is 18.0 Å². The van der Waals surface area contributed by atoms with Crippen LogP contribution >= 0.6 is 0 Å². The molecular weight excluding hydrogens is 230 g/mol. The third kappa shape index (κ3) is 2.89. The van der Waals surface area contributed by atoms with Gasteiger partial charge in [-0.05, 0) is 11.1 Å². The van der Waals surface area contributed by atoms with Gasteiger partial charge in [-0.15, -0.1) is 0 Å². The van der Waals surface area contributed by atoms with Crippen molar-refractivity contribution in [2.75, 3.05) is 0 Å². The number of hydrogen-bond donors (Lipinski definition) is 2. The number of nitrogens with zero attached hydrogens (tertiary/aromatic N) is 2. The van der Waals surface area contributed by atoms with E-state index in [-0.39, 0.29) is 6.42 Å². The number of aromatic nitrogens is 2. The molecule has 0 radical (unpaired) electrons. The number of carboxylic acids is 1. The van der Waals surface area contributed by atoms with E-state index in [0.29, 0.717) is 0 Å². The van der Waals surface area contributed by atoms with E-state index in [1.165, 1.54) is 6.33 Å². The molecule has 0 aliphatic heterocycles. The molecular formula is C13H13N3O2. The Morgan fingerprint density at radius 1 is 1.17 bits per heavy atom. The van der Waals surface area contributed by atoms with Crippen molar-refractivity contribution in [3.8, 4) is 11.1 Å². The fraction of sp³-hybridized carbons (Fsp3) is 0.154. The molecule has 2 rings (SSSR count). The van der Waals surface area contributed by atoms with Crippen LogP contribution in [0.5, 0.6) is 0 Å². The molecule has 5 nitrogen and oxygen atoms in total. The van der Waals surface area contributed by atoms with Crippen molar-refractivity contribution in [3.05, 3.63) is 48.5 Å². The van der Waals surface area contributed by atoms with Gasteiger partial charge in [0.2, 0.25) is 0 Å². The van der Waals surface area contributed by atoms with Gasteiger partial charge in [-0.25, -0.2) is 9.97 Å². The van der Waals surface area contributed by atoms with Gasteiger partial charge in [0.1, 0.15) is 6.33 Å². The van der Waals surface area contributed by atoms with Gasteiger partial charge in [0.25, 0.3) is 0 Å². The first-order valence-corrected chi connectivity index (χ1v) is 5.49. The molecule has 1 aromatic carbocycles. The maximum atomic E-state index is 10.6. The molecule has 5 heteroatoms. The van der Waals surface area contributed by atoms with E-state index in [4.69, 9.17) is 10.8 Å². The highest BCUT2D eigenvalue weighted by atomic mass is 16.4. The number of aliphatic carboxylic acids is 1. The first-order valence-electron chi connectivity index (χ1n) is 5.49. The van der Waals surface area contributed by atoms with Gasteiger partial charge in [0.15, 0.2) is 0 Å². The molecule has 3 N–H and O–H groups in total. The summed E-state index contributed by atoms with van der Waals surface area (Å²) in [7, 11) is 0. The highest BCUT2D eigenvalue weighted by Gasteiger charge is 2.10. The third-order valence-corrected chi connectivity index (χ3v) is 2.63. The van der Waals surface area contributed by atoms with Crippen molar-refractivity contribution < 1.29 is 9.90 Å². The van der Waals surface area contributed by atoms with Crippen LogP contribution in [0.15, 0.2) is 43.0 Å². The van der Waals surface area contributed by atoms with E-state index in [1.807, 2.05) is 24.3 Å². The molecule has 1 unspecified atom stereocenters. The normalized spacial score (nSPS) is 12.1. The summed E-state index contributed by atoms with van der Waals surface area (Å²) in [6, 6.07) is 6.95. The Bertz CT molecular complexity index is 526. The van der Waals surface area contributed by atoms with Crippen LogP contribution < -0.4 is 5.73 Å². The van der Waals surface area contributed by atoms with Crippen LogP contribution in [0.3, 0.4) is 0 Å². The second-order valence-corrected chi connectivity index (χ2v) is 3.95. The van der Waals surface area contributed by atoms with Gasteiger partial charge < -0.3 is 10.8 Å². The fourth-order valence-corrected chi connectivity index (χ4v) is 1.68. The molecule has 0 bridgehead atoms. The molecule has 0 aliphatic rings. The highest BCUT2D eigenvalue weighted by molar-refractivity contribution is 5.68. The minimum atomic E-state index is -0.900. The molecule has 18 heavy (non-hydrogen) atoms. The van der Waals surface area contributed by atoms with Crippen molar-refractivity contribution in [1.82, 2.24) is 9.97 Å². The Kier molecular flexibility index (Phi) is 3.64. The van der Waals surface area contributed by atoms with Crippen LogP contribution in [0.25, 0.3) is 11.1 Å². The topological polar surface area (TPSA) is 89.1 Å². The van der Waals surface area contributed by atoms with Gasteiger partial charge >= 0.3 is 5.97 Å². The molecule has 0 spiro atoms. The Morgan fingerprint density at radius 2 is 1.78 bits per heavy atom. The Morgan fingerprint density at radius 3 is 2.33 bits per heavy atom. The largest absolute Gasteiger partial charge is 0.481 e. The first kappa shape index (κ1) is 12.2. The summed E-state index contributed by atoms with van der Waals surface area (Å²) in [5, 5.41) is 8.68. The highest BCUT2D eigenvalue weighted by Crippen LogP contribution is 2.21. The van der Waals surface area contributed by atoms with Gasteiger partial charge in [-0.3, -0.25) is 4.79 Å². The lowest BCUT2D eigenvalue weighted by Crippen LogP contribution is -2.14. The fourth-order valence-electron chi connectivity index (χ4n) is 1.68. The molecule has 0 saturated heterocycles. The first-order chi connectivity index (χ1) is 8.66. The minimum absolute atomic E-state index is 0.0756. The lowest BCUT2D eigenvalue weighted by atomic mass is 10.0. The molecule has 0 amide bonds. The third-order valence-electron chi connectivity index (χ3n) is 2.63. The molecule has 0 aliphatic carbocycles. The van der Waals surface area contributed by atoms with Gasteiger partial charge in [0, 0.05) is 24.0 Å². The van der Waals surface area contributed by atoms with Crippen LogP contribution in [0.2, 0.25) is 0 Å². The van der Waals surface area contributed by atoms with Crippen molar-refractivity contribution in [2.45, 2.75) is 12.5 Å². The summed E-state index contributed by atoms with van der Waals surface area (Å²) < 4.78 is 0. The summed E-state index contributed by atoms with van der Waals surface area (Å²) in [6.45, 7) is 0. The van der Waals surface area contributed by atoms with E-state index in [0.717, 1.165) is 16.7 Å². The second-order valence-electron chi connectivity index (χ2n) is 3.95. The summed E-state index contributed by atoms with van der Waals surface area (Å²) in [5.41, 5.74) is 8.47. The predicted molar refractivity (Wildman–Crippen MR) is 66.6 cm³/mol. The van der Waals surface area contributed by atoms with Crippen LogP contribution in [-0.4, -0.2) is 21.0 Å². The molecule has 1 heterocycles. The van der Waals surface area contributed by atoms with Gasteiger partial charge in [-0.2, -0.15) is 0 Å². The number of rotatable bonds is 4. The summed E-state index contributed by atoms with van der Waals surface area (Å²) in [4.78, 5) is 18.5. The number of carbonyl (C=O) groups is 1. The zero-order valence-corrected chi connectivity index (χ0v) is 9.65. The lowest BCUT2D eigenvalue weighted by molar-refractivity contribution is -0.137. The monoisotopic (exact) mass is 243 g/mol. The second kappa shape index (κ2) is 5.37. The quantitative estimate of drug-likeness (QED) is 0.851. The molecule has 92 valence electrons. The predicted octanol–water partition coefficient (Wildman–Crippen LogP) is 1.62. The molecule has 0 fully saturated rings. The number of carboxylic acid groups (broad SMARTS) is 1. The van der Waals surface area contributed by atoms with E-state index >= 15 is 0 Å². The maximum Gasteiger partial charge on any atom is 0.305 e. The number of nitrogens with two attached hydrogens (primary N) is 1. The Hall–Kier alpha value is -2.27. The Labute approximate surface area is 104 Å². The average Bonchev–Trinajstić information content (AvgIpc) is 2.39. The maximum absolute atomic E-state index is 10.6. The van der Waals surface area contributed by atoms with Gasteiger partial charge in [-0.1, -0.05) is 24.3 Å². The smallest absolute Gasteiger partial charge is 0.305 e. The molecule has 1 aromatic heterocycles. The molecule has 0 saturated carbocycles. The van der Waals surface area contributed by atoms with E-state index in [9.17, 15) is 4.79 Å². The minimum Gasteiger partial charge on any atom is -0.481 e.